The predicted octanol–water partition coefficient (Wildman–Crippen LogP) is 5.30. The summed E-state index contributed by atoms with van der Waals surface area (Å²) in [6.07, 6.45) is 1.04. The number of oxazole rings is 1. The fourth-order valence-corrected chi connectivity index (χ4v) is 4.13. The lowest BCUT2D eigenvalue weighted by atomic mass is 9.81. The summed E-state index contributed by atoms with van der Waals surface area (Å²) >= 11 is 0. The van der Waals surface area contributed by atoms with E-state index in [2.05, 4.69) is 37.1 Å². The second-order valence-corrected chi connectivity index (χ2v) is 8.03. The van der Waals surface area contributed by atoms with Crippen LogP contribution in [-0.2, 0) is 0 Å². The number of rotatable bonds is 1. The average Bonchev–Trinajstić information content (AvgIpc) is 3.03. The van der Waals surface area contributed by atoms with Crippen molar-refractivity contribution < 1.29 is 8.83 Å². The Hall–Kier alpha value is -3.08. The second kappa shape index (κ2) is 5.46. The molecule has 5 heteroatoms. The maximum atomic E-state index is 12.6. The van der Waals surface area contributed by atoms with Crippen LogP contribution in [-0.4, -0.2) is 10.5 Å². The third-order valence-corrected chi connectivity index (χ3v) is 5.25. The lowest BCUT2D eigenvalue weighted by Crippen LogP contribution is -2.36. The average molecular weight is 360 g/mol. The molecule has 0 fully saturated rings. The van der Waals surface area contributed by atoms with E-state index in [-0.39, 0.29) is 11.4 Å². The zero-order chi connectivity index (χ0) is 18.8. The molecule has 1 unspecified atom stereocenters. The van der Waals surface area contributed by atoms with E-state index in [1.807, 2.05) is 36.4 Å². The molecule has 3 heterocycles. The van der Waals surface area contributed by atoms with Gasteiger partial charge in [-0.3, -0.25) is 0 Å². The van der Waals surface area contributed by atoms with Crippen LogP contribution in [0.2, 0.25) is 0 Å². The van der Waals surface area contributed by atoms with Crippen LogP contribution in [0.4, 0.5) is 5.69 Å². The van der Waals surface area contributed by atoms with Gasteiger partial charge in [0.25, 0.3) is 0 Å². The van der Waals surface area contributed by atoms with Crippen molar-refractivity contribution in [3.8, 4) is 11.5 Å². The molecule has 1 atom stereocenters. The first-order valence-corrected chi connectivity index (χ1v) is 9.16. The van der Waals surface area contributed by atoms with Crippen LogP contribution in [0.1, 0.15) is 38.7 Å². The first kappa shape index (κ1) is 16.1. The van der Waals surface area contributed by atoms with Gasteiger partial charge in [-0.25, -0.2) is 9.78 Å². The fourth-order valence-electron chi connectivity index (χ4n) is 4.13. The van der Waals surface area contributed by atoms with E-state index < -0.39 is 5.63 Å². The number of hydrogen-bond donors (Lipinski definition) is 1. The van der Waals surface area contributed by atoms with Gasteiger partial charge in [-0.1, -0.05) is 19.1 Å². The van der Waals surface area contributed by atoms with Gasteiger partial charge < -0.3 is 14.2 Å². The number of para-hydroxylation sites is 2. The van der Waals surface area contributed by atoms with Crippen LogP contribution >= 0.6 is 0 Å². The molecule has 0 bridgehead atoms. The van der Waals surface area contributed by atoms with E-state index in [1.54, 1.807) is 0 Å². The Morgan fingerprint density at radius 3 is 2.74 bits per heavy atom. The molecule has 5 nitrogen and oxygen atoms in total. The minimum Gasteiger partial charge on any atom is -0.436 e. The molecule has 0 saturated heterocycles. The summed E-state index contributed by atoms with van der Waals surface area (Å²) in [6, 6.07) is 13.3. The van der Waals surface area contributed by atoms with Gasteiger partial charge in [0.1, 0.15) is 16.7 Å². The minimum absolute atomic E-state index is 0.0124. The summed E-state index contributed by atoms with van der Waals surface area (Å²) in [7, 11) is 0. The minimum atomic E-state index is -0.447. The van der Waals surface area contributed by atoms with Crippen LogP contribution in [0.3, 0.4) is 0 Å². The number of nitrogens with zero attached hydrogens (tertiary/aromatic N) is 1. The summed E-state index contributed by atoms with van der Waals surface area (Å²) < 4.78 is 11.4. The number of benzene rings is 2. The van der Waals surface area contributed by atoms with Crippen molar-refractivity contribution in [1.29, 1.82) is 0 Å². The second-order valence-electron chi connectivity index (χ2n) is 8.03. The van der Waals surface area contributed by atoms with Gasteiger partial charge in [0, 0.05) is 22.7 Å². The number of nitrogens with one attached hydrogen (secondary N) is 1. The molecule has 2 aromatic heterocycles. The van der Waals surface area contributed by atoms with Crippen molar-refractivity contribution in [1.82, 2.24) is 4.98 Å². The van der Waals surface area contributed by atoms with Gasteiger partial charge >= 0.3 is 5.63 Å². The molecule has 27 heavy (non-hydrogen) atoms. The molecular weight excluding hydrogens is 340 g/mol. The molecule has 1 N–H and O–H groups in total. The zero-order valence-electron chi connectivity index (χ0n) is 15.5. The van der Waals surface area contributed by atoms with Crippen LogP contribution in [0.25, 0.3) is 33.5 Å². The molecule has 1 aliphatic rings. The molecule has 2 aromatic carbocycles. The van der Waals surface area contributed by atoms with Gasteiger partial charge in [-0.05, 0) is 56.0 Å². The molecule has 0 aliphatic carbocycles. The maximum Gasteiger partial charge on any atom is 0.349 e. The van der Waals surface area contributed by atoms with Gasteiger partial charge in [0.2, 0.25) is 5.89 Å². The molecule has 5 rings (SSSR count). The topological polar surface area (TPSA) is 68.3 Å². The van der Waals surface area contributed by atoms with E-state index in [0.717, 1.165) is 23.0 Å². The first-order valence-electron chi connectivity index (χ1n) is 9.16. The highest BCUT2D eigenvalue weighted by molar-refractivity contribution is 5.86. The Labute approximate surface area is 156 Å². The summed E-state index contributed by atoms with van der Waals surface area (Å²) in [5, 5.41) is 4.42. The van der Waals surface area contributed by atoms with E-state index in [9.17, 15) is 4.79 Å². The quantitative estimate of drug-likeness (QED) is 0.467. The fraction of sp³-hybridized carbons (Fsp3) is 0.273. The van der Waals surface area contributed by atoms with Crippen LogP contribution in [0.15, 0.2) is 56.1 Å². The summed E-state index contributed by atoms with van der Waals surface area (Å²) in [5.74, 6) is 0.706. The van der Waals surface area contributed by atoms with E-state index in [0.29, 0.717) is 22.6 Å². The van der Waals surface area contributed by atoms with Gasteiger partial charge in [0.15, 0.2) is 5.58 Å². The molecule has 0 saturated carbocycles. The maximum absolute atomic E-state index is 12.6. The Kier molecular flexibility index (Phi) is 3.26. The largest absolute Gasteiger partial charge is 0.436 e. The Morgan fingerprint density at radius 1 is 1.11 bits per heavy atom. The van der Waals surface area contributed by atoms with Crippen LogP contribution < -0.4 is 10.9 Å². The number of anilines is 1. The predicted molar refractivity (Wildman–Crippen MR) is 106 cm³/mol. The first-order chi connectivity index (χ1) is 12.9. The molecule has 136 valence electrons. The smallest absolute Gasteiger partial charge is 0.349 e. The zero-order valence-corrected chi connectivity index (χ0v) is 15.5. The van der Waals surface area contributed by atoms with Crippen LogP contribution in [0, 0.1) is 0 Å². The van der Waals surface area contributed by atoms with E-state index >= 15 is 0 Å². The Balaban J connectivity index is 1.70. The SMILES string of the molecule is CC1CC(C)(C)Nc2cc3oc(=O)c(-c4nc5ccccc5o4)cc3cc21. The van der Waals surface area contributed by atoms with Crippen LogP contribution in [0.5, 0.6) is 0 Å². The number of hydrogen-bond acceptors (Lipinski definition) is 5. The number of aromatic nitrogens is 1. The molecule has 0 radical (unpaired) electrons. The highest BCUT2D eigenvalue weighted by atomic mass is 16.4. The van der Waals surface area contributed by atoms with Gasteiger partial charge in [0.05, 0.1) is 0 Å². The van der Waals surface area contributed by atoms with Crippen molar-refractivity contribution in [3.05, 3.63) is 58.4 Å². The molecular formula is C22H20N2O3. The van der Waals surface area contributed by atoms with Crippen molar-refractivity contribution in [3.63, 3.8) is 0 Å². The standard InChI is InChI=1S/C22H20N2O3/c1-12-11-22(2,3)24-17-10-19-13(8-14(12)17)9-15(21(25)27-19)20-23-16-6-4-5-7-18(16)26-20/h4-10,12,24H,11H2,1-3H3. The summed E-state index contributed by atoms with van der Waals surface area (Å²) in [6.45, 7) is 6.60. The molecule has 1 aliphatic heterocycles. The Bertz CT molecular complexity index is 1220. The summed E-state index contributed by atoms with van der Waals surface area (Å²) in [5.41, 5.74) is 4.11. The molecule has 0 spiro atoms. The third-order valence-electron chi connectivity index (χ3n) is 5.25. The summed E-state index contributed by atoms with van der Waals surface area (Å²) in [4.78, 5) is 17.0. The highest BCUT2D eigenvalue weighted by Gasteiger charge is 2.30. The lowest BCUT2D eigenvalue weighted by molar-refractivity contribution is 0.454. The van der Waals surface area contributed by atoms with Gasteiger partial charge in [-0.15, -0.1) is 0 Å². The third kappa shape index (κ3) is 2.62. The highest BCUT2D eigenvalue weighted by Crippen LogP contribution is 2.40. The molecule has 0 amide bonds. The van der Waals surface area contributed by atoms with E-state index in [1.165, 1.54) is 5.56 Å². The van der Waals surface area contributed by atoms with Crippen molar-refractivity contribution in [2.75, 3.05) is 5.32 Å². The van der Waals surface area contributed by atoms with Gasteiger partial charge in [-0.2, -0.15) is 0 Å². The van der Waals surface area contributed by atoms with Crippen molar-refractivity contribution in [2.45, 2.75) is 38.6 Å². The van der Waals surface area contributed by atoms with E-state index in [4.69, 9.17) is 8.83 Å². The number of fused-ring (bicyclic) bond motifs is 3. The lowest BCUT2D eigenvalue weighted by Gasteiger charge is -2.37. The normalized spacial score (nSPS) is 18.4. The Morgan fingerprint density at radius 2 is 1.93 bits per heavy atom. The molecule has 4 aromatic rings. The van der Waals surface area contributed by atoms with Crippen molar-refractivity contribution >= 4 is 27.8 Å². The van der Waals surface area contributed by atoms with Crippen molar-refractivity contribution in [2.24, 2.45) is 0 Å². The monoisotopic (exact) mass is 360 g/mol.